The first-order valence-electron chi connectivity index (χ1n) is 7.61. The molecule has 0 spiro atoms. The van der Waals surface area contributed by atoms with E-state index >= 15 is 0 Å². The van der Waals surface area contributed by atoms with E-state index in [1.54, 1.807) is 13.1 Å². The van der Waals surface area contributed by atoms with Gasteiger partial charge in [-0.1, -0.05) is 6.92 Å². The second-order valence-corrected chi connectivity index (χ2v) is 8.21. The molecule has 0 unspecified atom stereocenters. The van der Waals surface area contributed by atoms with Crippen molar-refractivity contribution in [2.75, 3.05) is 19.6 Å². The number of hydrogen-bond acceptors (Lipinski definition) is 5. The molecule has 0 radical (unpaired) electrons. The Labute approximate surface area is 134 Å². The number of aromatic nitrogens is 1. The molecule has 0 amide bonds. The van der Waals surface area contributed by atoms with Crippen LogP contribution in [0.1, 0.15) is 19.8 Å². The van der Waals surface area contributed by atoms with Crippen LogP contribution in [-0.2, 0) is 17.1 Å². The fourth-order valence-electron chi connectivity index (χ4n) is 2.84. The van der Waals surface area contributed by atoms with Gasteiger partial charge < -0.3 is 9.73 Å². The largest absolute Gasteiger partial charge is 0.419 e. The summed E-state index contributed by atoms with van der Waals surface area (Å²) in [7, 11) is -2.05. The molecule has 2 N–H and O–H groups in total. The summed E-state index contributed by atoms with van der Waals surface area (Å²) in [4.78, 5) is 11.6. The Morgan fingerprint density at radius 1 is 1.35 bits per heavy atom. The number of oxazole rings is 1. The molecule has 8 heteroatoms. The standard InChI is InChI=1S/C15H21N3O4S/c1-15(5-7-16-8-6-15)10-17-23(20,21)11-3-4-12-13(9-11)22-14(19)18(12)2/h3-4,9,16-17H,5-8,10H2,1-2H3. The van der Waals surface area contributed by atoms with Gasteiger partial charge in [-0.05, 0) is 43.5 Å². The van der Waals surface area contributed by atoms with E-state index in [-0.39, 0.29) is 15.9 Å². The van der Waals surface area contributed by atoms with E-state index in [0.29, 0.717) is 12.1 Å². The highest BCUT2D eigenvalue weighted by Gasteiger charge is 2.29. The normalized spacial score (nSPS) is 18.3. The molecule has 0 aliphatic carbocycles. The summed E-state index contributed by atoms with van der Waals surface area (Å²) in [5.74, 6) is -0.510. The van der Waals surface area contributed by atoms with Gasteiger partial charge in [0.05, 0.1) is 10.4 Å². The molecule has 0 bridgehead atoms. The summed E-state index contributed by atoms with van der Waals surface area (Å²) in [6.07, 6.45) is 1.87. The highest BCUT2D eigenvalue weighted by Crippen LogP contribution is 2.27. The van der Waals surface area contributed by atoms with Crippen molar-refractivity contribution in [3.8, 4) is 0 Å². The van der Waals surface area contributed by atoms with Crippen LogP contribution in [-0.4, -0.2) is 32.6 Å². The summed E-state index contributed by atoms with van der Waals surface area (Å²) in [5.41, 5.74) is 0.801. The number of nitrogens with zero attached hydrogens (tertiary/aromatic N) is 1. The average Bonchev–Trinajstić information content (AvgIpc) is 2.81. The fraction of sp³-hybridized carbons (Fsp3) is 0.533. The number of fused-ring (bicyclic) bond motifs is 1. The SMILES string of the molecule is Cn1c(=O)oc2cc(S(=O)(=O)NCC3(C)CCNCC3)ccc21. The minimum atomic E-state index is -3.63. The van der Waals surface area contributed by atoms with Gasteiger partial charge in [0, 0.05) is 19.7 Å². The summed E-state index contributed by atoms with van der Waals surface area (Å²) < 4.78 is 34.1. The van der Waals surface area contributed by atoms with E-state index < -0.39 is 15.8 Å². The predicted octanol–water partition coefficient (Wildman–Crippen LogP) is 0.799. The molecule has 1 aromatic carbocycles. The van der Waals surface area contributed by atoms with Gasteiger partial charge in [0.25, 0.3) is 0 Å². The topological polar surface area (TPSA) is 93.3 Å². The third-order valence-corrected chi connectivity index (χ3v) is 5.97. The predicted molar refractivity (Wildman–Crippen MR) is 86.9 cm³/mol. The van der Waals surface area contributed by atoms with E-state index in [1.807, 2.05) is 0 Å². The minimum Gasteiger partial charge on any atom is -0.408 e. The molecule has 0 saturated carbocycles. The van der Waals surface area contributed by atoms with Crippen molar-refractivity contribution in [3.05, 3.63) is 28.7 Å². The second kappa shape index (κ2) is 5.77. The first-order valence-corrected chi connectivity index (χ1v) is 9.09. The molecule has 2 heterocycles. The quantitative estimate of drug-likeness (QED) is 0.859. The summed E-state index contributed by atoms with van der Waals surface area (Å²) >= 11 is 0. The number of sulfonamides is 1. The Morgan fingerprint density at radius 2 is 2.04 bits per heavy atom. The number of rotatable bonds is 4. The Hall–Kier alpha value is -1.64. The van der Waals surface area contributed by atoms with Gasteiger partial charge in [-0.25, -0.2) is 17.9 Å². The van der Waals surface area contributed by atoms with Crippen molar-refractivity contribution in [1.29, 1.82) is 0 Å². The van der Waals surface area contributed by atoms with Crippen LogP contribution >= 0.6 is 0 Å². The number of hydrogen-bond donors (Lipinski definition) is 2. The maximum Gasteiger partial charge on any atom is 0.419 e. The molecular weight excluding hydrogens is 318 g/mol. The molecule has 1 aromatic heterocycles. The van der Waals surface area contributed by atoms with E-state index in [9.17, 15) is 13.2 Å². The fourth-order valence-corrected chi connectivity index (χ4v) is 4.06. The smallest absolute Gasteiger partial charge is 0.408 e. The molecular formula is C15H21N3O4S. The first-order chi connectivity index (χ1) is 10.8. The lowest BCUT2D eigenvalue weighted by Crippen LogP contribution is -2.42. The summed E-state index contributed by atoms with van der Waals surface area (Å²) in [5, 5.41) is 3.27. The van der Waals surface area contributed by atoms with E-state index in [2.05, 4.69) is 17.0 Å². The van der Waals surface area contributed by atoms with Crippen molar-refractivity contribution >= 4 is 21.1 Å². The Bertz CT molecular complexity index is 876. The lowest BCUT2D eigenvalue weighted by molar-refractivity contribution is 0.232. The van der Waals surface area contributed by atoms with Crippen LogP contribution < -0.4 is 15.8 Å². The van der Waals surface area contributed by atoms with Crippen molar-refractivity contribution < 1.29 is 12.8 Å². The first kappa shape index (κ1) is 16.2. The lowest BCUT2D eigenvalue weighted by Gasteiger charge is -2.34. The molecule has 2 aromatic rings. The Balaban J connectivity index is 1.83. The van der Waals surface area contributed by atoms with E-state index in [0.717, 1.165) is 25.9 Å². The van der Waals surface area contributed by atoms with Gasteiger partial charge in [0.15, 0.2) is 5.58 Å². The zero-order valence-electron chi connectivity index (χ0n) is 13.3. The van der Waals surface area contributed by atoms with E-state index in [1.165, 1.54) is 16.7 Å². The van der Waals surface area contributed by atoms with Gasteiger partial charge in [-0.2, -0.15) is 0 Å². The molecule has 0 atom stereocenters. The van der Waals surface area contributed by atoms with Crippen LogP contribution in [0.4, 0.5) is 0 Å². The highest BCUT2D eigenvalue weighted by atomic mass is 32.2. The molecule has 1 aliphatic rings. The number of nitrogens with one attached hydrogen (secondary N) is 2. The van der Waals surface area contributed by atoms with Crippen LogP contribution in [0.5, 0.6) is 0 Å². The van der Waals surface area contributed by atoms with Gasteiger partial charge in [0.1, 0.15) is 0 Å². The van der Waals surface area contributed by atoms with Crippen LogP contribution in [0, 0.1) is 5.41 Å². The zero-order chi connectivity index (χ0) is 16.7. The van der Waals surface area contributed by atoms with Crippen LogP contribution in [0.3, 0.4) is 0 Å². The Kier molecular flexibility index (Phi) is 4.07. The maximum absolute atomic E-state index is 12.5. The molecule has 1 aliphatic heterocycles. The van der Waals surface area contributed by atoms with Gasteiger partial charge in [0.2, 0.25) is 10.0 Å². The van der Waals surface area contributed by atoms with Crippen LogP contribution in [0.15, 0.2) is 32.3 Å². The molecule has 1 fully saturated rings. The monoisotopic (exact) mass is 339 g/mol. The molecule has 3 rings (SSSR count). The van der Waals surface area contributed by atoms with Gasteiger partial charge in [-0.3, -0.25) is 4.57 Å². The number of aryl methyl sites for hydroxylation is 1. The maximum atomic E-state index is 12.5. The number of benzene rings is 1. The zero-order valence-corrected chi connectivity index (χ0v) is 14.1. The molecule has 1 saturated heterocycles. The van der Waals surface area contributed by atoms with Crippen molar-refractivity contribution in [2.24, 2.45) is 12.5 Å². The third kappa shape index (κ3) is 3.19. The van der Waals surface area contributed by atoms with Crippen molar-refractivity contribution in [2.45, 2.75) is 24.7 Å². The number of piperidine rings is 1. The van der Waals surface area contributed by atoms with Crippen molar-refractivity contribution in [3.63, 3.8) is 0 Å². The Morgan fingerprint density at radius 3 is 2.74 bits per heavy atom. The second-order valence-electron chi connectivity index (χ2n) is 6.44. The minimum absolute atomic E-state index is 0.0399. The van der Waals surface area contributed by atoms with Crippen LogP contribution in [0.2, 0.25) is 0 Å². The third-order valence-electron chi connectivity index (χ3n) is 4.57. The van der Waals surface area contributed by atoms with Gasteiger partial charge in [-0.15, -0.1) is 0 Å². The van der Waals surface area contributed by atoms with Gasteiger partial charge >= 0.3 is 5.76 Å². The summed E-state index contributed by atoms with van der Waals surface area (Å²) in [6.45, 7) is 4.29. The van der Waals surface area contributed by atoms with E-state index in [4.69, 9.17) is 4.42 Å². The molecule has 126 valence electrons. The lowest BCUT2D eigenvalue weighted by atomic mass is 9.81. The molecule has 7 nitrogen and oxygen atoms in total. The average molecular weight is 339 g/mol. The molecule has 23 heavy (non-hydrogen) atoms. The van der Waals surface area contributed by atoms with Crippen LogP contribution in [0.25, 0.3) is 11.1 Å². The summed E-state index contributed by atoms with van der Waals surface area (Å²) in [6, 6.07) is 4.47. The van der Waals surface area contributed by atoms with Crippen molar-refractivity contribution in [1.82, 2.24) is 14.6 Å². The highest BCUT2D eigenvalue weighted by molar-refractivity contribution is 7.89.